The second-order valence-corrected chi connectivity index (χ2v) is 6.36. The van der Waals surface area contributed by atoms with Gasteiger partial charge in [-0.1, -0.05) is 6.92 Å². The first kappa shape index (κ1) is 19.8. The fourth-order valence-electron chi connectivity index (χ4n) is 2.07. The molecule has 1 N–H and O–H groups in total. The molecule has 26 heavy (non-hydrogen) atoms. The third-order valence-corrected chi connectivity index (χ3v) is 3.67. The molecule has 1 amide bonds. The Morgan fingerprint density at radius 2 is 2.19 bits per heavy atom. The maximum Gasteiger partial charge on any atom is 0.275 e. The summed E-state index contributed by atoms with van der Waals surface area (Å²) in [6, 6.07) is 3.40. The van der Waals surface area contributed by atoms with E-state index in [9.17, 15) is 23.7 Å². The van der Waals surface area contributed by atoms with E-state index in [-0.39, 0.29) is 17.1 Å². The van der Waals surface area contributed by atoms with Gasteiger partial charge in [0.15, 0.2) is 0 Å². The lowest BCUT2D eigenvalue weighted by Crippen LogP contribution is -2.24. The molecule has 0 fully saturated rings. The van der Waals surface area contributed by atoms with E-state index in [2.05, 4.69) is 26.3 Å². The number of nitro benzene ring substituents is 1. The highest BCUT2D eigenvalue weighted by Crippen LogP contribution is 2.27. The number of amides is 1. The zero-order valence-electron chi connectivity index (χ0n) is 13.6. The molecule has 0 radical (unpaired) electrons. The molecule has 8 nitrogen and oxygen atoms in total. The minimum atomic E-state index is -2.72. The van der Waals surface area contributed by atoms with E-state index in [0.29, 0.717) is 6.54 Å². The number of hydrogen-bond acceptors (Lipinski definition) is 5. The van der Waals surface area contributed by atoms with Gasteiger partial charge in [-0.05, 0) is 15.9 Å². The summed E-state index contributed by atoms with van der Waals surface area (Å²) >= 11 is 3.25. The highest BCUT2D eigenvalue weighted by Gasteiger charge is 2.18. The van der Waals surface area contributed by atoms with Crippen LogP contribution in [0.1, 0.15) is 6.92 Å². The number of hydrogen-bond donors (Lipinski definition) is 1. The van der Waals surface area contributed by atoms with Crippen LogP contribution in [0.5, 0.6) is 5.75 Å². The predicted octanol–water partition coefficient (Wildman–Crippen LogP) is 3.47. The highest BCUT2D eigenvalue weighted by atomic mass is 79.9. The monoisotopic (exact) mass is 432 g/mol. The van der Waals surface area contributed by atoms with Gasteiger partial charge in [0.25, 0.3) is 12.1 Å². The molecule has 2 aromatic rings. The predicted molar refractivity (Wildman–Crippen MR) is 92.3 cm³/mol. The molecular formula is C15H15BrF2N4O4. The Hall–Kier alpha value is -2.56. The Labute approximate surface area is 155 Å². The van der Waals surface area contributed by atoms with E-state index in [1.54, 1.807) is 24.0 Å². The second kappa shape index (κ2) is 8.70. The number of non-ortho nitro benzene ring substituents is 1. The molecule has 2 rings (SSSR count). The van der Waals surface area contributed by atoms with Crippen molar-refractivity contribution in [2.45, 2.75) is 19.9 Å². The van der Waals surface area contributed by atoms with E-state index < -0.39 is 29.8 Å². The van der Waals surface area contributed by atoms with Crippen molar-refractivity contribution in [2.24, 2.45) is 5.92 Å². The van der Waals surface area contributed by atoms with Gasteiger partial charge >= 0.3 is 0 Å². The summed E-state index contributed by atoms with van der Waals surface area (Å²) in [5.41, 5.74) is -0.294. The zero-order chi connectivity index (χ0) is 19.3. The van der Waals surface area contributed by atoms with Gasteiger partial charge < -0.3 is 10.1 Å². The highest BCUT2D eigenvalue weighted by molar-refractivity contribution is 9.10. The van der Waals surface area contributed by atoms with Crippen LogP contribution in [0.15, 0.2) is 35.1 Å². The maximum absolute atomic E-state index is 12.3. The number of carbonyl (C=O) groups excluding carboxylic acids is 1. The van der Waals surface area contributed by atoms with Crippen molar-refractivity contribution in [3.63, 3.8) is 0 Å². The molecule has 0 saturated carbocycles. The Morgan fingerprint density at radius 3 is 2.77 bits per heavy atom. The summed E-state index contributed by atoms with van der Waals surface area (Å²) in [5, 5.41) is 17.6. The quantitative estimate of drug-likeness (QED) is 0.508. The van der Waals surface area contributed by atoms with Crippen LogP contribution in [0.4, 0.5) is 20.2 Å². The number of aromatic nitrogens is 2. The average Bonchev–Trinajstić information content (AvgIpc) is 2.97. The second-order valence-electron chi connectivity index (χ2n) is 5.45. The van der Waals surface area contributed by atoms with Gasteiger partial charge in [-0.25, -0.2) is 8.78 Å². The summed E-state index contributed by atoms with van der Waals surface area (Å²) in [6.45, 7) is 1.05. The number of nitro groups is 1. The van der Waals surface area contributed by atoms with Crippen molar-refractivity contribution in [1.82, 2.24) is 9.78 Å². The van der Waals surface area contributed by atoms with Gasteiger partial charge in [0, 0.05) is 18.3 Å². The van der Waals surface area contributed by atoms with Crippen LogP contribution in [0.25, 0.3) is 0 Å². The van der Waals surface area contributed by atoms with Crippen molar-refractivity contribution >= 4 is 33.2 Å². The number of carbonyl (C=O) groups is 1. The largest absolute Gasteiger partial charge is 0.487 e. The molecule has 0 aliphatic carbocycles. The molecule has 0 saturated heterocycles. The fourth-order valence-corrected chi connectivity index (χ4v) is 2.40. The van der Waals surface area contributed by atoms with Crippen molar-refractivity contribution in [2.75, 3.05) is 11.9 Å². The number of nitrogens with zero attached hydrogens (tertiary/aromatic N) is 3. The van der Waals surface area contributed by atoms with Crippen molar-refractivity contribution < 1.29 is 23.2 Å². The molecule has 140 valence electrons. The normalized spacial score (nSPS) is 12.0. The Morgan fingerprint density at radius 1 is 1.46 bits per heavy atom. The van der Waals surface area contributed by atoms with Crippen LogP contribution in [0, 0.1) is 16.0 Å². The topological polar surface area (TPSA) is 99.3 Å². The van der Waals surface area contributed by atoms with Crippen LogP contribution in [-0.2, 0) is 11.3 Å². The molecule has 11 heteroatoms. The standard InChI is InChI=1S/C15H15BrF2N4O4/c1-9(6-21-7-10(16)5-19-21)15(23)20-11-2-12(22(24)25)4-13(3-11)26-8-14(17)18/h2-5,7,9,14H,6,8H2,1H3,(H,20,23). The van der Waals surface area contributed by atoms with Gasteiger partial charge in [-0.15, -0.1) is 0 Å². The van der Waals surface area contributed by atoms with E-state index in [0.717, 1.165) is 16.6 Å². The third-order valence-electron chi connectivity index (χ3n) is 3.26. The molecule has 1 heterocycles. The SMILES string of the molecule is CC(Cn1cc(Br)cn1)C(=O)Nc1cc(OCC(F)F)cc([N+](=O)[O-])c1. The van der Waals surface area contributed by atoms with Crippen LogP contribution in [0.3, 0.4) is 0 Å². The molecule has 0 aliphatic rings. The van der Waals surface area contributed by atoms with Gasteiger partial charge in [0.1, 0.15) is 12.4 Å². The van der Waals surface area contributed by atoms with E-state index >= 15 is 0 Å². The van der Waals surface area contributed by atoms with Crippen molar-refractivity contribution in [3.05, 3.63) is 45.2 Å². The van der Waals surface area contributed by atoms with E-state index in [1.165, 1.54) is 6.07 Å². The Balaban J connectivity index is 2.10. The van der Waals surface area contributed by atoms with Gasteiger partial charge in [-0.2, -0.15) is 5.10 Å². The Bertz CT molecular complexity index is 800. The lowest BCUT2D eigenvalue weighted by atomic mass is 10.1. The van der Waals surface area contributed by atoms with Gasteiger partial charge in [0.2, 0.25) is 5.91 Å². The molecule has 0 aliphatic heterocycles. The molecular weight excluding hydrogens is 418 g/mol. The zero-order valence-corrected chi connectivity index (χ0v) is 15.2. The van der Waals surface area contributed by atoms with Crippen molar-refractivity contribution in [3.8, 4) is 5.75 Å². The van der Waals surface area contributed by atoms with Crippen LogP contribution >= 0.6 is 15.9 Å². The fraction of sp³-hybridized carbons (Fsp3) is 0.333. The minimum Gasteiger partial charge on any atom is -0.487 e. The number of nitrogens with one attached hydrogen (secondary N) is 1. The van der Waals surface area contributed by atoms with E-state index in [1.807, 2.05) is 0 Å². The Kier molecular flexibility index (Phi) is 6.61. The summed E-state index contributed by atoms with van der Waals surface area (Å²) in [4.78, 5) is 22.6. The van der Waals surface area contributed by atoms with Crippen LogP contribution < -0.4 is 10.1 Å². The molecule has 1 aromatic carbocycles. The first-order valence-electron chi connectivity index (χ1n) is 7.44. The number of halogens is 3. The van der Waals surface area contributed by atoms with Crippen LogP contribution in [0.2, 0.25) is 0 Å². The molecule has 1 atom stereocenters. The minimum absolute atomic E-state index is 0.0852. The molecule has 0 bridgehead atoms. The van der Waals surface area contributed by atoms with E-state index in [4.69, 9.17) is 4.74 Å². The number of anilines is 1. The third kappa shape index (κ3) is 5.76. The number of rotatable bonds is 8. The number of benzene rings is 1. The van der Waals surface area contributed by atoms with Crippen LogP contribution in [-0.4, -0.2) is 33.6 Å². The number of ether oxygens (including phenoxy) is 1. The molecule has 1 unspecified atom stereocenters. The summed E-state index contributed by atoms with van der Waals surface area (Å²) in [6.07, 6.45) is 0.561. The lowest BCUT2D eigenvalue weighted by molar-refractivity contribution is -0.384. The average molecular weight is 433 g/mol. The number of alkyl halides is 2. The first-order chi connectivity index (χ1) is 12.2. The lowest BCUT2D eigenvalue weighted by Gasteiger charge is -2.13. The first-order valence-corrected chi connectivity index (χ1v) is 8.23. The molecule has 1 aromatic heterocycles. The summed E-state index contributed by atoms with van der Waals surface area (Å²) in [5.74, 6) is -1.03. The smallest absolute Gasteiger partial charge is 0.275 e. The van der Waals surface area contributed by atoms with Crippen molar-refractivity contribution in [1.29, 1.82) is 0 Å². The maximum atomic E-state index is 12.3. The summed E-state index contributed by atoms with van der Waals surface area (Å²) < 4.78 is 31.7. The van der Waals surface area contributed by atoms with Gasteiger partial charge in [-0.3, -0.25) is 19.6 Å². The van der Waals surface area contributed by atoms with Gasteiger partial charge in [0.05, 0.1) is 39.8 Å². The summed E-state index contributed by atoms with van der Waals surface area (Å²) in [7, 11) is 0. The molecule has 0 spiro atoms.